The molecule has 4 aromatic rings. The number of nitrogens with zero attached hydrogens (tertiary/aromatic N) is 1. The van der Waals surface area contributed by atoms with E-state index in [1.54, 1.807) is 30.9 Å². The van der Waals surface area contributed by atoms with Crippen molar-refractivity contribution in [1.29, 1.82) is 0 Å². The molecule has 12 N–H and O–H groups in total. The van der Waals surface area contributed by atoms with Crippen LogP contribution in [0.15, 0.2) is 93.6 Å². The van der Waals surface area contributed by atoms with Crippen LogP contribution in [0.4, 0.5) is 19.2 Å². The third kappa shape index (κ3) is 16.1. The van der Waals surface area contributed by atoms with Crippen molar-refractivity contribution in [3.63, 3.8) is 0 Å². The van der Waals surface area contributed by atoms with Gasteiger partial charge in [0.05, 0.1) is 89.4 Å². The summed E-state index contributed by atoms with van der Waals surface area (Å²) in [5, 5.41) is 61.8. The summed E-state index contributed by atoms with van der Waals surface area (Å²) in [7, 11) is 0. The van der Waals surface area contributed by atoms with Gasteiger partial charge in [0, 0.05) is 41.2 Å². The minimum atomic E-state index is -0.808. The Labute approximate surface area is 568 Å². The van der Waals surface area contributed by atoms with Gasteiger partial charge < -0.3 is 82.1 Å². The molecule has 6 aliphatic heterocycles. The molecule has 0 saturated heterocycles. The predicted molar refractivity (Wildman–Crippen MR) is 361 cm³/mol. The molecule has 0 bridgehead atoms. The lowest BCUT2D eigenvalue weighted by Gasteiger charge is -2.30. The zero-order valence-electron chi connectivity index (χ0n) is 56.7. The van der Waals surface area contributed by atoms with Gasteiger partial charge in [-0.2, -0.15) is 0 Å². The number of rotatable bonds is 15. The van der Waals surface area contributed by atoms with Crippen molar-refractivity contribution in [1.82, 2.24) is 47.4 Å². The molecule has 10 rings (SSSR count). The SMILES string of the molecule is CC(C)c1cc(C2NC(=O)NC3=C2C(=O)OC3)c(O)cc1O.CCN1CC2=C(C1=O)C(c1cc(C(C)C)c(O)cc1O)NC(=O)N2.CCOC(=O)C1=C(CCl)NC(=O)NC1c1cc(C(C)C)c(C)cc1C.CCOC(=O)C1=C(CCl)NC(=O)NC1c1cc(C(C)C)c(C)cc1C. The van der Waals surface area contributed by atoms with Crippen molar-refractivity contribution < 1.29 is 73.0 Å². The maximum atomic E-state index is 12.6. The number of halogens is 2. The molecule has 96 heavy (non-hydrogen) atoms. The molecule has 4 atom stereocenters. The number of aryl methyl sites for hydroxylation is 4. The van der Waals surface area contributed by atoms with Crippen LogP contribution in [0.2, 0.25) is 0 Å². The van der Waals surface area contributed by atoms with Gasteiger partial charge in [-0.15, -0.1) is 23.2 Å². The Morgan fingerprint density at radius 3 is 1.23 bits per heavy atom. The topological polar surface area (TPSA) is 345 Å². The zero-order chi connectivity index (χ0) is 71.1. The number of allylic oxidation sites excluding steroid dienone is 2. The van der Waals surface area contributed by atoms with Gasteiger partial charge in [-0.3, -0.25) is 4.79 Å². The van der Waals surface area contributed by atoms with Crippen LogP contribution in [0.5, 0.6) is 23.0 Å². The number of aromatic hydroxyl groups is 4. The number of likely N-dealkylation sites (N-methyl/N-ethyl adjacent to an activating group) is 1. The second-order valence-corrected chi connectivity index (χ2v) is 25.5. The van der Waals surface area contributed by atoms with Crippen molar-refractivity contribution >= 4 is 71.1 Å². The van der Waals surface area contributed by atoms with Crippen LogP contribution in [0.25, 0.3) is 0 Å². The molecule has 0 fully saturated rings. The van der Waals surface area contributed by atoms with Gasteiger partial charge in [0.1, 0.15) is 29.6 Å². The normalized spacial score (nSPS) is 18.9. The molecule has 4 unspecified atom stereocenters. The molecule has 0 aromatic heterocycles. The highest BCUT2D eigenvalue weighted by atomic mass is 35.5. The number of carbonyl (C=O) groups excluding carboxylic acids is 8. The summed E-state index contributed by atoms with van der Waals surface area (Å²) in [6.07, 6.45) is 0. The highest BCUT2D eigenvalue weighted by Gasteiger charge is 2.43. The van der Waals surface area contributed by atoms with Gasteiger partial charge in [0.15, 0.2) is 0 Å². The largest absolute Gasteiger partial charge is 0.508 e. The number of phenols is 4. The molecule has 24 nitrogen and oxygen atoms in total. The Morgan fingerprint density at radius 2 is 0.854 bits per heavy atom. The molecule has 9 amide bonds. The third-order valence-electron chi connectivity index (χ3n) is 17.1. The fourth-order valence-corrected chi connectivity index (χ4v) is 12.8. The average Bonchev–Trinajstić information content (AvgIpc) is 1.40. The van der Waals surface area contributed by atoms with Crippen LogP contribution in [0.3, 0.4) is 0 Å². The van der Waals surface area contributed by atoms with E-state index >= 15 is 0 Å². The van der Waals surface area contributed by atoms with Gasteiger partial charge in [-0.25, -0.2) is 33.6 Å². The Balaban J connectivity index is 0.000000181. The minimum absolute atomic E-state index is 0.00588. The molecular weight excluding hydrogens is 1280 g/mol. The molecule has 0 aliphatic carbocycles. The van der Waals surface area contributed by atoms with Crippen LogP contribution in [0, 0.1) is 27.7 Å². The Kier molecular flexibility index (Phi) is 24.2. The number of cyclic esters (lactones) is 1. The summed E-state index contributed by atoms with van der Waals surface area (Å²) < 4.78 is 15.3. The van der Waals surface area contributed by atoms with Gasteiger partial charge in [-0.1, -0.05) is 79.7 Å². The number of hydrogen-bond acceptors (Lipinski definition) is 15. The lowest BCUT2D eigenvalue weighted by molar-refractivity contribution is -0.140. The second kappa shape index (κ2) is 31.4. The van der Waals surface area contributed by atoms with Crippen LogP contribution in [-0.4, -0.2) is 118 Å². The number of hydrogen-bond donors (Lipinski definition) is 12. The predicted octanol–water partition coefficient (Wildman–Crippen LogP) is 10.8. The number of alkyl halides is 2. The van der Waals surface area contributed by atoms with E-state index in [2.05, 4.69) is 108 Å². The maximum absolute atomic E-state index is 12.6. The summed E-state index contributed by atoms with van der Waals surface area (Å²) in [6.45, 7) is 31.0. The smallest absolute Gasteiger partial charge is 0.338 e. The second-order valence-electron chi connectivity index (χ2n) is 25.0. The Morgan fingerprint density at radius 1 is 0.490 bits per heavy atom. The fraction of sp³-hybridized carbons (Fsp3) is 0.429. The third-order valence-corrected chi connectivity index (χ3v) is 17.6. The van der Waals surface area contributed by atoms with E-state index in [1.807, 2.05) is 48.5 Å². The number of benzene rings is 4. The van der Waals surface area contributed by atoms with Crippen molar-refractivity contribution in [2.75, 3.05) is 44.7 Å². The highest BCUT2D eigenvalue weighted by Crippen LogP contribution is 2.43. The van der Waals surface area contributed by atoms with E-state index in [9.17, 15) is 58.8 Å². The van der Waals surface area contributed by atoms with E-state index in [0.29, 0.717) is 86.7 Å². The Bertz CT molecular complexity index is 3790. The summed E-state index contributed by atoms with van der Waals surface area (Å²) in [5.74, 6) is -1.26. The van der Waals surface area contributed by atoms with Crippen molar-refractivity contribution in [3.05, 3.63) is 160 Å². The minimum Gasteiger partial charge on any atom is -0.508 e. The summed E-state index contributed by atoms with van der Waals surface area (Å²) in [6, 6.07) is 9.68. The first-order chi connectivity index (χ1) is 45.3. The summed E-state index contributed by atoms with van der Waals surface area (Å²) in [4.78, 5) is 99.0. The Hall–Kier alpha value is -9.42. The summed E-state index contributed by atoms with van der Waals surface area (Å²) >= 11 is 12.0. The van der Waals surface area contributed by atoms with Gasteiger partial charge in [0.2, 0.25) is 0 Å². The van der Waals surface area contributed by atoms with Gasteiger partial charge in [-0.05, 0) is 140 Å². The number of ether oxygens (including phenoxy) is 3. The maximum Gasteiger partial charge on any atom is 0.338 e. The first-order valence-electron chi connectivity index (χ1n) is 31.8. The first-order valence-corrected chi connectivity index (χ1v) is 32.9. The number of urea groups is 4. The van der Waals surface area contributed by atoms with E-state index in [1.165, 1.54) is 34.4 Å². The molecule has 0 saturated carbocycles. The van der Waals surface area contributed by atoms with Crippen molar-refractivity contribution in [2.45, 2.75) is 152 Å². The number of carbonyl (C=O) groups is 8. The van der Waals surface area contributed by atoms with Gasteiger partial charge in [0.25, 0.3) is 5.91 Å². The summed E-state index contributed by atoms with van der Waals surface area (Å²) in [5.41, 5.74) is 13.7. The van der Waals surface area contributed by atoms with Crippen LogP contribution >= 0.6 is 23.2 Å². The van der Waals surface area contributed by atoms with E-state index in [4.69, 9.17) is 37.4 Å². The van der Waals surface area contributed by atoms with E-state index in [0.717, 1.165) is 22.3 Å². The van der Waals surface area contributed by atoms with Crippen molar-refractivity contribution in [3.8, 4) is 23.0 Å². The number of nitrogens with one attached hydrogen (secondary N) is 8. The number of amides is 9. The fourth-order valence-electron chi connectivity index (χ4n) is 12.4. The van der Waals surface area contributed by atoms with E-state index < -0.39 is 54.1 Å². The van der Waals surface area contributed by atoms with Gasteiger partial charge >= 0.3 is 42.0 Å². The molecule has 516 valence electrons. The lowest BCUT2D eigenvalue weighted by Crippen LogP contribution is -2.46. The molecule has 4 aromatic carbocycles. The molecule has 6 aliphatic rings. The molecular formula is C70H87Cl2N9O15. The van der Waals surface area contributed by atoms with E-state index in [-0.39, 0.29) is 90.0 Å². The van der Waals surface area contributed by atoms with Crippen molar-refractivity contribution in [2.24, 2.45) is 0 Å². The molecule has 6 heterocycles. The average molecular weight is 1370 g/mol. The quantitative estimate of drug-likeness (QED) is 0.0299. The van der Waals surface area contributed by atoms with Crippen LogP contribution in [0.1, 0.15) is 191 Å². The lowest BCUT2D eigenvalue weighted by atomic mass is 9.87. The molecule has 0 radical (unpaired) electrons. The highest BCUT2D eigenvalue weighted by molar-refractivity contribution is 6.20. The molecule has 0 spiro atoms. The number of esters is 3. The number of phenolic OH excluding ortho intramolecular Hbond substituents is 4. The van der Waals surface area contributed by atoms with Crippen LogP contribution in [-0.2, 0) is 33.4 Å². The first kappa shape index (κ1) is 74.0. The monoisotopic (exact) mass is 1360 g/mol. The molecule has 26 heteroatoms. The zero-order valence-corrected chi connectivity index (χ0v) is 58.2. The van der Waals surface area contributed by atoms with Crippen LogP contribution < -0.4 is 42.5 Å². The standard InChI is InChI=1S/2C19H25ClN2O3.C17H21N3O4.C15H16N2O5/c2*1-6-25-18(23)16-15(9-20)21-19(24)22-17(16)14-8-13(10(2)3)11(4)7-12(14)5;1-4-20-7-11-14(16(20)23)15(19-17(24)18-11)10-5-9(8(2)3)12(21)6-13(10)22;1-6(2)7-3-8(11(19)4-10(7)18)13-12-9(5-22-14(12)20)16-15(21)17-13/h2*7-8,10,17H,6,9H2,1-5H3,(H2,21,22,24);5-6,8,15,21-22H,4,7H2,1-3H3,(H2,18,19,24);3-4,6,13,18-19H,5H2,1-2H3,(H2,16,17,21).